The van der Waals surface area contributed by atoms with Crippen LogP contribution in [0.2, 0.25) is 0 Å². The molecule has 0 saturated carbocycles. The van der Waals surface area contributed by atoms with Crippen LogP contribution in [-0.2, 0) is 38.8 Å². The van der Waals surface area contributed by atoms with Crippen LogP contribution < -0.4 is 0 Å². The van der Waals surface area contributed by atoms with Crippen molar-refractivity contribution in [1.82, 2.24) is 19.7 Å². The maximum absolute atomic E-state index is 10.6. The van der Waals surface area contributed by atoms with E-state index in [4.69, 9.17) is 29.3 Å². The number of alkyl halides is 6. The van der Waals surface area contributed by atoms with Gasteiger partial charge in [0.25, 0.3) is 0 Å². The van der Waals surface area contributed by atoms with E-state index in [0.29, 0.717) is 12.6 Å². The molecule has 0 aromatic carbocycles. The van der Waals surface area contributed by atoms with Gasteiger partial charge in [0.15, 0.2) is 0 Å². The molecule has 1 saturated heterocycles. The first-order valence-corrected chi connectivity index (χ1v) is 11.2. The molecular weight excluding hydrogens is 530 g/mol. The number of carboxylic acids is 2. The van der Waals surface area contributed by atoms with E-state index in [0.717, 1.165) is 51.3 Å². The molecule has 0 radical (unpaired) electrons. The van der Waals surface area contributed by atoms with Gasteiger partial charge in [0.1, 0.15) is 0 Å². The summed E-state index contributed by atoms with van der Waals surface area (Å²) >= 11 is 0. The maximum Gasteiger partial charge on any atom is 0.490 e. The summed E-state index contributed by atoms with van der Waals surface area (Å²) in [5, 5.41) is 18.7. The molecule has 1 fully saturated rings. The van der Waals surface area contributed by atoms with Crippen molar-refractivity contribution < 1.29 is 55.6 Å². The van der Waals surface area contributed by atoms with Gasteiger partial charge in [0.05, 0.1) is 24.9 Å². The number of hydrogen-bond donors (Lipinski definition) is 2. The Morgan fingerprint density at radius 3 is 2.03 bits per heavy atom. The van der Waals surface area contributed by atoms with Crippen molar-refractivity contribution in [3.05, 3.63) is 48.0 Å². The van der Waals surface area contributed by atoms with Crippen molar-refractivity contribution in [1.29, 1.82) is 0 Å². The molecule has 2 aliphatic rings. The Bertz CT molecular complexity index is 988. The van der Waals surface area contributed by atoms with E-state index in [1.54, 1.807) is 0 Å². The zero-order valence-corrected chi connectivity index (χ0v) is 19.9. The molecule has 1 atom stereocenters. The van der Waals surface area contributed by atoms with Crippen LogP contribution in [0.4, 0.5) is 26.3 Å². The summed E-state index contributed by atoms with van der Waals surface area (Å²) in [5.74, 6) is -5.51. The molecule has 2 aromatic heterocycles. The standard InChI is InChI=1S/C18H24N4O2.2C2HF3O2/c1-6-19-7-2-15(1)14-24-18-12-21(16-4-9-23-10-5-16)11-17-3-8-20-22(17)13-18;2*3-2(4,5)1(6)7/h1-3,6-8,16,18H,4-5,9-14H2;2*(H,6,7). The van der Waals surface area contributed by atoms with Gasteiger partial charge in [-0.25, -0.2) is 9.59 Å². The van der Waals surface area contributed by atoms with Gasteiger partial charge < -0.3 is 19.7 Å². The molecule has 38 heavy (non-hydrogen) atoms. The Morgan fingerprint density at radius 1 is 0.947 bits per heavy atom. The van der Waals surface area contributed by atoms with E-state index in [-0.39, 0.29) is 6.10 Å². The molecule has 4 heterocycles. The van der Waals surface area contributed by atoms with Gasteiger partial charge in [-0.2, -0.15) is 31.4 Å². The Kier molecular flexibility index (Phi) is 11.5. The number of fused-ring (bicyclic) bond motifs is 1. The number of hydrogen-bond acceptors (Lipinski definition) is 7. The molecule has 0 bridgehead atoms. The smallest absolute Gasteiger partial charge is 0.475 e. The van der Waals surface area contributed by atoms with E-state index in [2.05, 4.69) is 25.7 Å². The van der Waals surface area contributed by atoms with Crippen molar-refractivity contribution in [2.45, 2.75) is 57.0 Å². The first kappa shape index (κ1) is 31.0. The number of rotatable bonds is 4. The van der Waals surface area contributed by atoms with Crippen LogP contribution >= 0.6 is 0 Å². The highest BCUT2D eigenvalue weighted by Gasteiger charge is 2.39. The second-order valence-corrected chi connectivity index (χ2v) is 8.17. The van der Waals surface area contributed by atoms with Crippen molar-refractivity contribution in [2.75, 3.05) is 19.8 Å². The van der Waals surface area contributed by atoms with Gasteiger partial charge >= 0.3 is 24.3 Å². The minimum absolute atomic E-state index is 0.141. The first-order chi connectivity index (χ1) is 17.8. The number of ether oxygens (including phenoxy) is 2. The zero-order chi connectivity index (χ0) is 28.3. The number of carboxylic acid groups (broad SMARTS) is 2. The quantitative estimate of drug-likeness (QED) is 0.546. The summed E-state index contributed by atoms with van der Waals surface area (Å²) in [4.78, 5) is 24.4. The van der Waals surface area contributed by atoms with Crippen molar-refractivity contribution in [3.8, 4) is 0 Å². The highest BCUT2D eigenvalue weighted by atomic mass is 19.4. The minimum atomic E-state index is -5.08. The minimum Gasteiger partial charge on any atom is -0.475 e. The van der Waals surface area contributed by atoms with Gasteiger partial charge in [0, 0.05) is 50.9 Å². The lowest BCUT2D eigenvalue weighted by atomic mass is 10.1. The fraction of sp³-hybridized carbons (Fsp3) is 0.545. The molecule has 0 spiro atoms. The number of carbonyl (C=O) groups is 2. The van der Waals surface area contributed by atoms with Crippen molar-refractivity contribution in [3.63, 3.8) is 0 Å². The third kappa shape index (κ3) is 10.6. The molecule has 2 aromatic rings. The van der Waals surface area contributed by atoms with E-state index in [9.17, 15) is 26.3 Å². The second-order valence-electron chi connectivity index (χ2n) is 8.17. The van der Waals surface area contributed by atoms with Gasteiger partial charge in [-0.05, 0) is 36.6 Å². The van der Waals surface area contributed by atoms with Crippen LogP contribution in [0.25, 0.3) is 0 Å². The highest BCUT2D eigenvalue weighted by molar-refractivity contribution is 5.73. The normalized spacial score (nSPS) is 18.6. The molecule has 212 valence electrons. The Labute approximate surface area is 212 Å². The van der Waals surface area contributed by atoms with E-state index >= 15 is 0 Å². The van der Waals surface area contributed by atoms with Gasteiger partial charge in [-0.15, -0.1) is 0 Å². The molecular formula is C22H26F6N4O6. The largest absolute Gasteiger partial charge is 0.490 e. The fourth-order valence-electron chi connectivity index (χ4n) is 3.57. The summed E-state index contributed by atoms with van der Waals surface area (Å²) in [7, 11) is 0. The van der Waals surface area contributed by atoms with Crippen LogP contribution in [-0.4, -0.2) is 86.1 Å². The van der Waals surface area contributed by atoms with Gasteiger partial charge in [-0.1, -0.05) is 0 Å². The SMILES string of the molecule is O=C(O)C(F)(F)F.O=C(O)C(F)(F)F.c1cc(COC2CN(C3CCOCC3)Cc3ccnn3C2)ccn1. The third-order valence-electron chi connectivity index (χ3n) is 5.41. The average Bonchev–Trinajstić information content (AvgIpc) is 3.21. The predicted molar refractivity (Wildman–Crippen MR) is 117 cm³/mol. The van der Waals surface area contributed by atoms with Crippen LogP contribution in [0.3, 0.4) is 0 Å². The molecule has 16 heteroatoms. The van der Waals surface area contributed by atoms with Crippen LogP contribution in [0.5, 0.6) is 0 Å². The van der Waals surface area contributed by atoms with E-state index in [1.807, 2.05) is 30.7 Å². The number of aliphatic carboxylic acids is 2. The summed E-state index contributed by atoms with van der Waals surface area (Å²) in [6.07, 6.45) is -2.31. The molecule has 2 N–H and O–H groups in total. The summed E-state index contributed by atoms with van der Waals surface area (Å²) in [6, 6.07) is 6.71. The Balaban J connectivity index is 0.000000301. The van der Waals surface area contributed by atoms with Gasteiger partial charge in [-0.3, -0.25) is 14.6 Å². The lowest BCUT2D eigenvalue weighted by molar-refractivity contribution is -0.193. The van der Waals surface area contributed by atoms with Crippen LogP contribution in [0.15, 0.2) is 36.8 Å². The number of aromatic nitrogens is 3. The molecule has 10 nitrogen and oxygen atoms in total. The fourth-order valence-corrected chi connectivity index (χ4v) is 3.57. The van der Waals surface area contributed by atoms with Crippen LogP contribution in [0.1, 0.15) is 24.1 Å². The van der Waals surface area contributed by atoms with Crippen molar-refractivity contribution in [2.24, 2.45) is 0 Å². The molecule has 1 unspecified atom stereocenters. The number of nitrogens with zero attached hydrogens (tertiary/aromatic N) is 4. The summed E-state index contributed by atoms with van der Waals surface area (Å²) < 4.78 is 77.3. The summed E-state index contributed by atoms with van der Waals surface area (Å²) in [6.45, 7) is 5.05. The average molecular weight is 556 g/mol. The number of pyridine rings is 1. The lowest BCUT2D eigenvalue weighted by Gasteiger charge is -2.34. The van der Waals surface area contributed by atoms with Gasteiger partial charge in [0.2, 0.25) is 0 Å². The zero-order valence-electron chi connectivity index (χ0n) is 19.9. The predicted octanol–water partition coefficient (Wildman–Crippen LogP) is 3.12. The first-order valence-electron chi connectivity index (χ1n) is 11.2. The Hall–Kier alpha value is -3.24. The molecule has 4 rings (SSSR count). The van der Waals surface area contributed by atoms with Crippen LogP contribution in [0, 0.1) is 0 Å². The third-order valence-corrected chi connectivity index (χ3v) is 5.41. The molecule has 2 aliphatic heterocycles. The molecule has 0 aliphatic carbocycles. The highest BCUT2D eigenvalue weighted by Crippen LogP contribution is 2.22. The molecule has 0 amide bonds. The van der Waals surface area contributed by atoms with E-state index in [1.165, 1.54) is 5.69 Å². The topological polar surface area (TPSA) is 127 Å². The Morgan fingerprint density at radius 2 is 1.50 bits per heavy atom. The second kappa shape index (κ2) is 14.1. The number of halogens is 6. The maximum atomic E-state index is 10.6. The van der Waals surface area contributed by atoms with Crippen molar-refractivity contribution >= 4 is 11.9 Å². The monoisotopic (exact) mass is 556 g/mol. The summed E-state index contributed by atoms with van der Waals surface area (Å²) in [5.41, 5.74) is 2.43. The lowest BCUT2D eigenvalue weighted by Crippen LogP contribution is -2.42. The van der Waals surface area contributed by atoms with E-state index < -0.39 is 24.3 Å².